The average molecular weight is 891 g/mol. The molecule has 2 aromatic carbocycles. The Morgan fingerprint density at radius 2 is 1.80 bits per heavy atom. The zero-order valence-corrected chi connectivity index (χ0v) is 39.0. The third kappa shape index (κ3) is 10.8. The van der Waals surface area contributed by atoms with Crippen LogP contribution in [0.25, 0.3) is 10.9 Å². The number of pyridine rings is 1. The van der Waals surface area contributed by atoms with E-state index in [0.717, 1.165) is 70.9 Å². The number of piperidine rings is 1. The number of imide groups is 1. The molecule has 0 spiro atoms. The van der Waals surface area contributed by atoms with E-state index in [9.17, 15) is 24.0 Å². The Bertz CT molecular complexity index is 2530. The molecule has 2 aromatic heterocycles. The van der Waals surface area contributed by atoms with Crippen molar-refractivity contribution in [3.05, 3.63) is 94.1 Å². The summed E-state index contributed by atoms with van der Waals surface area (Å²) in [5.41, 5.74) is 3.36. The molecular formula is C49H59FN6O7Si. The average Bonchev–Trinajstić information content (AvgIpc) is 3.91. The SMILES string of the molecule is CN1CCC[C@@H]1c1cc2cnc(NC(=O)c3ccc(CCCCC#Cc4ccc5c(c4)CN(C4CCC(=O)N(COCC[Si](C)(C)C)C4=O)C5=O)cc3F)cc2n1C(=O)OC(C)(C)C. The maximum atomic E-state index is 15.4. The van der Waals surface area contributed by atoms with Gasteiger partial charge in [-0.1, -0.05) is 37.5 Å². The van der Waals surface area contributed by atoms with E-state index in [2.05, 4.69) is 46.7 Å². The normalized spacial score (nSPS) is 18.1. The van der Waals surface area contributed by atoms with Crippen LogP contribution in [0.2, 0.25) is 25.7 Å². The fourth-order valence-corrected chi connectivity index (χ4v) is 9.23. The number of halogens is 1. The first kappa shape index (κ1) is 46.3. The maximum Gasteiger partial charge on any atom is 0.419 e. The zero-order chi connectivity index (χ0) is 45.9. The summed E-state index contributed by atoms with van der Waals surface area (Å²) < 4.78 is 28.4. The molecule has 0 aliphatic carbocycles. The molecule has 5 heterocycles. The number of aryl methyl sites for hydroxylation is 1. The number of benzene rings is 2. The van der Waals surface area contributed by atoms with Gasteiger partial charge in [-0.2, -0.15) is 0 Å². The number of nitrogens with zero attached hydrogens (tertiary/aromatic N) is 5. The molecule has 3 aliphatic heterocycles. The van der Waals surface area contributed by atoms with Crippen molar-refractivity contribution < 1.29 is 37.8 Å². The molecule has 0 radical (unpaired) electrons. The topological polar surface area (TPSA) is 143 Å². The predicted molar refractivity (Wildman–Crippen MR) is 245 cm³/mol. The van der Waals surface area contributed by atoms with Crippen LogP contribution >= 0.6 is 0 Å². The Morgan fingerprint density at radius 1 is 1.00 bits per heavy atom. The van der Waals surface area contributed by atoms with Crippen molar-refractivity contribution in [2.24, 2.45) is 0 Å². The minimum atomic E-state index is -1.33. The van der Waals surface area contributed by atoms with Crippen LogP contribution in [0.1, 0.15) is 115 Å². The molecule has 0 saturated carbocycles. The lowest BCUT2D eigenvalue weighted by Gasteiger charge is -2.35. The van der Waals surface area contributed by atoms with E-state index in [1.165, 1.54) is 12.1 Å². The molecule has 7 rings (SSSR count). The summed E-state index contributed by atoms with van der Waals surface area (Å²) in [6.45, 7) is 13.7. The number of aromatic nitrogens is 2. The molecule has 338 valence electrons. The minimum absolute atomic E-state index is 0.0247. The molecule has 64 heavy (non-hydrogen) atoms. The van der Waals surface area contributed by atoms with Crippen molar-refractivity contribution >= 4 is 54.5 Å². The van der Waals surface area contributed by atoms with Crippen LogP contribution in [0, 0.1) is 17.7 Å². The number of carbonyl (C=O) groups is 5. The summed E-state index contributed by atoms with van der Waals surface area (Å²) >= 11 is 0. The lowest BCUT2D eigenvalue weighted by Crippen LogP contribution is -2.55. The highest BCUT2D eigenvalue weighted by Gasteiger charge is 2.43. The monoisotopic (exact) mass is 890 g/mol. The van der Waals surface area contributed by atoms with Gasteiger partial charge in [0.2, 0.25) is 5.91 Å². The quantitative estimate of drug-likeness (QED) is 0.0605. The van der Waals surface area contributed by atoms with E-state index >= 15 is 4.39 Å². The third-order valence-electron chi connectivity index (χ3n) is 11.9. The molecular weight excluding hydrogens is 832 g/mol. The van der Waals surface area contributed by atoms with E-state index in [4.69, 9.17) is 9.47 Å². The number of ether oxygens (including phenoxy) is 2. The lowest BCUT2D eigenvalue weighted by atomic mass is 10.0. The highest BCUT2D eigenvalue weighted by Crippen LogP contribution is 2.36. The first-order valence-electron chi connectivity index (χ1n) is 22.3. The summed E-state index contributed by atoms with van der Waals surface area (Å²) in [5, 5.41) is 3.44. The largest absolute Gasteiger partial charge is 0.443 e. The molecule has 1 N–H and O–H groups in total. The van der Waals surface area contributed by atoms with E-state index in [1.807, 2.05) is 40.0 Å². The highest BCUT2D eigenvalue weighted by molar-refractivity contribution is 6.76. The van der Waals surface area contributed by atoms with Crippen LogP contribution in [0.5, 0.6) is 0 Å². The molecule has 2 atom stereocenters. The van der Waals surface area contributed by atoms with Gasteiger partial charge in [0.05, 0.1) is 17.1 Å². The molecule has 1 unspecified atom stereocenters. The highest BCUT2D eigenvalue weighted by atomic mass is 28.3. The van der Waals surface area contributed by atoms with Gasteiger partial charge < -0.3 is 19.7 Å². The molecule has 2 saturated heterocycles. The summed E-state index contributed by atoms with van der Waals surface area (Å²) in [4.78, 5) is 75.6. The summed E-state index contributed by atoms with van der Waals surface area (Å²) in [6.07, 6.45) is 6.18. The molecule has 15 heteroatoms. The van der Waals surface area contributed by atoms with Gasteiger partial charge in [0.1, 0.15) is 30.0 Å². The van der Waals surface area contributed by atoms with E-state index in [-0.39, 0.29) is 55.4 Å². The Kier molecular flexibility index (Phi) is 13.9. The molecule has 4 amide bonds. The lowest BCUT2D eigenvalue weighted by molar-refractivity contribution is -0.158. The van der Waals surface area contributed by atoms with Crippen LogP contribution in [0.4, 0.5) is 15.0 Å². The van der Waals surface area contributed by atoms with Gasteiger partial charge in [0.25, 0.3) is 17.7 Å². The summed E-state index contributed by atoms with van der Waals surface area (Å²) in [6, 6.07) is 13.8. The Balaban J connectivity index is 0.907. The Morgan fingerprint density at radius 3 is 2.52 bits per heavy atom. The molecule has 0 bridgehead atoms. The van der Waals surface area contributed by atoms with Crippen molar-refractivity contribution in [3.63, 3.8) is 0 Å². The van der Waals surface area contributed by atoms with Gasteiger partial charge in [-0.15, -0.1) is 0 Å². The van der Waals surface area contributed by atoms with Crippen molar-refractivity contribution in [3.8, 4) is 11.8 Å². The summed E-state index contributed by atoms with van der Waals surface area (Å²) in [5.74, 6) is 4.37. The van der Waals surface area contributed by atoms with Gasteiger partial charge in [0.15, 0.2) is 0 Å². The molecule has 4 aromatic rings. The fraction of sp³-hybridized carbons (Fsp3) is 0.469. The number of hydrogen-bond donors (Lipinski definition) is 1. The number of fused-ring (bicyclic) bond motifs is 2. The molecule has 3 aliphatic rings. The number of anilines is 1. The van der Waals surface area contributed by atoms with Gasteiger partial charge in [-0.05, 0) is 126 Å². The number of carbonyl (C=O) groups excluding carboxylic acids is 5. The number of hydrogen-bond acceptors (Lipinski definition) is 9. The minimum Gasteiger partial charge on any atom is -0.443 e. The van der Waals surface area contributed by atoms with Crippen molar-refractivity contribution in [1.29, 1.82) is 0 Å². The Labute approximate surface area is 375 Å². The van der Waals surface area contributed by atoms with Crippen molar-refractivity contribution in [2.75, 3.05) is 32.2 Å². The second-order valence-corrected chi connectivity index (χ2v) is 24.9. The summed E-state index contributed by atoms with van der Waals surface area (Å²) in [7, 11) is 0.701. The van der Waals surface area contributed by atoms with Gasteiger partial charge in [-0.25, -0.2) is 18.7 Å². The predicted octanol–water partition coefficient (Wildman–Crippen LogP) is 8.53. The number of likely N-dealkylation sites (tertiary alicyclic amines) is 2. The van der Waals surface area contributed by atoms with Crippen molar-refractivity contribution in [2.45, 2.75) is 122 Å². The van der Waals surface area contributed by atoms with Crippen LogP contribution in [0.15, 0.2) is 54.7 Å². The standard InChI is InChI=1S/C49H59FN6O7Si/c1-49(2,3)63-48(61)56-41-28-43(51-29-34(41)27-42(56)39-15-12-22-53(39)4)52-45(58)37-19-17-33(26-38(37)50)14-11-9-8-10-13-32-16-18-36-35(25-32)30-54(46(36)59)40-20-21-44(57)55(47(40)60)31-62-23-24-64(5,6)7/h16-19,25-29,39-40H,8-9,11-12,14-15,20-24,30-31H2,1-7H3,(H,51,52,58)/t39-,40?/m1/s1. The fourth-order valence-electron chi connectivity index (χ4n) is 8.47. The first-order chi connectivity index (χ1) is 30.4. The maximum absolute atomic E-state index is 15.4. The van der Waals surface area contributed by atoms with Crippen molar-refractivity contribution in [1.82, 2.24) is 24.3 Å². The third-order valence-corrected chi connectivity index (χ3v) is 13.6. The van der Waals surface area contributed by atoms with Gasteiger partial charge in [-0.3, -0.25) is 29.0 Å². The second kappa shape index (κ2) is 19.2. The van der Waals surface area contributed by atoms with E-state index < -0.39 is 43.4 Å². The number of amides is 4. The first-order valence-corrected chi connectivity index (χ1v) is 26.0. The number of nitrogens with one attached hydrogen (secondary N) is 1. The van der Waals surface area contributed by atoms with E-state index in [1.54, 1.807) is 39.9 Å². The van der Waals surface area contributed by atoms with Crippen LogP contribution in [0.3, 0.4) is 0 Å². The number of unbranched alkanes of at least 4 members (excludes halogenated alkanes) is 2. The number of rotatable bonds is 13. The van der Waals surface area contributed by atoms with Crippen LogP contribution in [-0.2, 0) is 32.0 Å². The zero-order valence-electron chi connectivity index (χ0n) is 38.0. The van der Waals surface area contributed by atoms with Gasteiger partial charge >= 0.3 is 6.09 Å². The molecule has 13 nitrogen and oxygen atoms in total. The smallest absolute Gasteiger partial charge is 0.419 e. The van der Waals surface area contributed by atoms with Crippen LogP contribution < -0.4 is 5.32 Å². The molecule has 2 fully saturated rings. The van der Waals surface area contributed by atoms with Crippen LogP contribution in [-0.4, -0.2) is 101 Å². The Hall–Kier alpha value is -5.69. The van der Waals surface area contributed by atoms with E-state index in [0.29, 0.717) is 30.5 Å². The second-order valence-electron chi connectivity index (χ2n) is 19.3. The van der Waals surface area contributed by atoms with Gasteiger partial charge in [0, 0.05) is 68.5 Å².